The molecule has 0 saturated heterocycles. The Kier molecular flexibility index (Phi) is 8.15. The van der Waals surface area contributed by atoms with Crippen molar-refractivity contribution in [3.8, 4) is 0 Å². The Balaban J connectivity index is 0.000000260. The molecule has 0 aliphatic carbocycles. The van der Waals surface area contributed by atoms with Crippen LogP contribution in [0.2, 0.25) is 0 Å². The molecule has 0 amide bonds. The van der Waals surface area contributed by atoms with Crippen LogP contribution in [0.3, 0.4) is 0 Å². The minimum Gasteiger partial charge on any atom is -0.469 e. The van der Waals surface area contributed by atoms with Crippen LogP contribution in [-0.4, -0.2) is 26.2 Å². The first kappa shape index (κ1) is 21.0. The molecule has 0 radical (unpaired) electrons. The summed E-state index contributed by atoms with van der Waals surface area (Å²) in [4.78, 5) is 21.8. The average Bonchev–Trinajstić information content (AvgIpc) is 3.16. The van der Waals surface area contributed by atoms with E-state index in [1.54, 1.807) is 12.2 Å². The van der Waals surface area contributed by atoms with Gasteiger partial charge in [0.05, 0.1) is 14.2 Å². The fourth-order valence-electron chi connectivity index (χ4n) is 2.14. The van der Waals surface area contributed by atoms with E-state index in [1.165, 1.54) is 14.2 Å². The number of esters is 2. The Morgan fingerprint density at radius 2 is 1.23 bits per heavy atom. The molecule has 0 aromatic carbocycles. The molecule has 2 aromatic heterocycles. The third-order valence-electron chi connectivity index (χ3n) is 3.48. The van der Waals surface area contributed by atoms with Crippen LogP contribution in [0.4, 0.5) is 0 Å². The van der Waals surface area contributed by atoms with Gasteiger partial charge in [-0.25, -0.2) is 0 Å². The Morgan fingerprint density at radius 1 is 0.885 bits per heavy atom. The predicted molar refractivity (Wildman–Crippen MR) is 98.5 cm³/mol. The van der Waals surface area contributed by atoms with Gasteiger partial charge in [-0.2, -0.15) is 0 Å². The number of carbonyl (C=O) groups is 2. The Labute approximate surface area is 153 Å². The van der Waals surface area contributed by atoms with Gasteiger partial charge in [0.25, 0.3) is 0 Å². The monoisotopic (exact) mass is 360 g/mol. The quantitative estimate of drug-likeness (QED) is 0.727. The number of hydrogen-bond donors (Lipinski definition) is 0. The zero-order chi connectivity index (χ0) is 19.7. The Morgan fingerprint density at radius 3 is 1.46 bits per heavy atom. The van der Waals surface area contributed by atoms with Gasteiger partial charge in [0, 0.05) is 0 Å². The molecule has 26 heavy (non-hydrogen) atoms. The minimum absolute atomic E-state index is 0.172. The number of methoxy groups -OCH3 is 2. The molecule has 6 nitrogen and oxygen atoms in total. The zero-order valence-electron chi connectivity index (χ0n) is 15.6. The summed E-state index contributed by atoms with van der Waals surface area (Å²) in [5, 5.41) is 0. The summed E-state index contributed by atoms with van der Waals surface area (Å²) < 4.78 is 19.7. The molecular formula is C20H24O6. The molecule has 6 heteroatoms. The summed E-state index contributed by atoms with van der Waals surface area (Å²) in [6.07, 6.45) is 3.59. The van der Waals surface area contributed by atoms with Crippen LogP contribution in [0, 0.1) is 13.8 Å². The van der Waals surface area contributed by atoms with E-state index in [1.807, 2.05) is 26.0 Å². The smallest absolute Gasteiger partial charge is 0.313 e. The highest BCUT2D eigenvalue weighted by atomic mass is 16.5. The highest BCUT2D eigenvalue weighted by Gasteiger charge is 2.10. The Bertz CT molecular complexity index is 712. The van der Waals surface area contributed by atoms with Gasteiger partial charge in [0.2, 0.25) is 0 Å². The van der Waals surface area contributed by atoms with Crippen molar-refractivity contribution in [1.82, 2.24) is 0 Å². The molecule has 0 aliphatic heterocycles. The summed E-state index contributed by atoms with van der Waals surface area (Å²) in [6.45, 7) is 11.0. The minimum atomic E-state index is -0.302. The van der Waals surface area contributed by atoms with Crippen molar-refractivity contribution in [2.45, 2.75) is 26.7 Å². The van der Waals surface area contributed by atoms with Crippen LogP contribution in [0.5, 0.6) is 0 Å². The maximum atomic E-state index is 10.9. The van der Waals surface area contributed by atoms with E-state index in [0.29, 0.717) is 23.0 Å². The Hall–Kier alpha value is -3.02. The lowest BCUT2D eigenvalue weighted by atomic mass is 10.2. The summed E-state index contributed by atoms with van der Waals surface area (Å²) in [5.74, 6) is 2.03. The molecule has 0 aliphatic rings. The average molecular weight is 360 g/mol. The zero-order valence-corrected chi connectivity index (χ0v) is 15.6. The van der Waals surface area contributed by atoms with E-state index in [9.17, 15) is 9.59 Å². The van der Waals surface area contributed by atoms with Crippen LogP contribution in [0.25, 0.3) is 12.2 Å². The number of carbonyl (C=O) groups excluding carboxylic acids is 2. The lowest BCUT2D eigenvalue weighted by Crippen LogP contribution is -2.03. The molecule has 0 saturated carbocycles. The lowest BCUT2D eigenvalue weighted by molar-refractivity contribution is -0.141. The van der Waals surface area contributed by atoms with Crippen molar-refractivity contribution >= 4 is 24.1 Å². The van der Waals surface area contributed by atoms with E-state index >= 15 is 0 Å². The maximum absolute atomic E-state index is 10.9. The summed E-state index contributed by atoms with van der Waals surface area (Å²) in [6, 6.07) is 3.63. The second-order valence-electron chi connectivity index (χ2n) is 5.43. The van der Waals surface area contributed by atoms with Gasteiger partial charge in [-0.05, 0) is 49.3 Å². The van der Waals surface area contributed by atoms with Gasteiger partial charge < -0.3 is 18.3 Å². The molecule has 0 spiro atoms. The number of hydrogen-bond acceptors (Lipinski definition) is 6. The topological polar surface area (TPSA) is 78.9 Å². The SMILES string of the molecule is C=Cc1oc(CC(=O)OC)cc1C.C=Cc1oc(CC(=O)OC)cc1C. The van der Waals surface area contributed by atoms with E-state index in [4.69, 9.17) is 8.83 Å². The van der Waals surface area contributed by atoms with Gasteiger partial charge in [0.1, 0.15) is 35.9 Å². The molecule has 2 rings (SSSR count). The second-order valence-corrected chi connectivity index (χ2v) is 5.43. The van der Waals surface area contributed by atoms with E-state index in [-0.39, 0.29) is 24.8 Å². The molecule has 0 fully saturated rings. The van der Waals surface area contributed by atoms with E-state index < -0.39 is 0 Å². The first-order valence-electron chi connectivity index (χ1n) is 7.91. The molecular weight excluding hydrogens is 336 g/mol. The van der Waals surface area contributed by atoms with Gasteiger partial charge in [0.15, 0.2) is 0 Å². The molecule has 140 valence electrons. The largest absolute Gasteiger partial charge is 0.469 e. The van der Waals surface area contributed by atoms with Crippen LogP contribution in [-0.2, 0) is 31.9 Å². The molecule has 0 N–H and O–H groups in total. The van der Waals surface area contributed by atoms with Crippen molar-refractivity contribution in [2.75, 3.05) is 14.2 Å². The molecule has 2 heterocycles. The summed E-state index contributed by atoms with van der Waals surface area (Å²) in [7, 11) is 2.71. The first-order valence-corrected chi connectivity index (χ1v) is 7.91. The molecule has 0 unspecified atom stereocenters. The van der Waals surface area contributed by atoms with E-state index in [0.717, 1.165) is 11.1 Å². The van der Waals surface area contributed by atoms with Crippen LogP contribution >= 0.6 is 0 Å². The summed E-state index contributed by atoms with van der Waals surface area (Å²) in [5.41, 5.74) is 1.96. The fourth-order valence-corrected chi connectivity index (χ4v) is 2.14. The highest BCUT2D eigenvalue weighted by Crippen LogP contribution is 2.17. The summed E-state index contributed by atoms with van der Waals surface area (Å²) >= 11 is 0. The molecule has 0 atom stereocenters. The van der Waals surface area contributed by atoms with Crippen LogP contribution in [0.1, 0.15) is 34.2 Å². The number of ether oxygens (including phenoxy) is 2. The maximum Gasteiger partial charge on any atom is 0.313 e. The van der Waals surface area contributed by atoms with Crippen molar-refractivity contribution in [2.24, 2.45) is 0 Å². The van der Waals surface area contributed by atoms with Gasteiger partial charge >= 0.3 is 11.9 Å². The van der Waals surface area contributed by atoms with Crippen molar-refractivity contribution in [3.63, 3.8) is 0 Å². The molecule has 0 bridgehead atoms. The highest BCUT2D eigenvalue weighted by molar-refractivity contribution is 5.72. The second kappa shape index (κ2) is 10.1. The third kappa shape index (κ3) is 6.12. The van der Waals surface area contributed by atoms with E-state index in [2.05, 4.69) is 22.6 Å². The van der Waals surface area contributed by atoms with Gasteiger partial charge in [-0.15, -0.1) is 0 Å². The molecule has 2 aromatic rings. The van der Waals surface area contributed by atoms with Crippen molar-refractivity contribution < 1.29 is 27.9 Å². The van der Waals surface area contributed by atoms with Crippen LogP contribution < -0.4 is 0 Å². The number of rotatable bonds is 6. The lowest BCUT2D eigenvalue weighted by Gasteiger charge is -1.93. The van der Waals surface area contributed by atoms with Gasteiger partial charge in [-0.1, -0.05) is 13.2 Å². The predicted octanol–water partition coefficient (Wildman–Crippen LogP) is 3.89. The normalized spacial score (nSPS) is 9.69. The standard InChI is InChI=1S/2C10H12O3/c2*1-4-9-7(2)5-8(13-9)6-10(11)12-3/h2*4-5H,1,6H2,2-3H3. The first-order chi connectivity index (χ1) is 12.3. The van der Waals surface area contributed by atoms with Crippen LogP contribution in [0.15, 0.2) is 34.1 Å². The number of aryl methyl sites for hydroxylation is 2. The fraction of sp³-hybridized carbons (Fsp3) is 0.300. The van der Waals surface area contributed by atoms with Gasteiger partial charge in [-0.3, -0.25) is 9.59 Å². The van der Waals surface area contributed by atoms with Crippen molar-refractivity contribution in [1.29, 1.82) is 0 Å². The third-order valence-corrected chi connectivity index (χ3v) is 3.48. The number of furan rings is 2. The van der Waals surface area contributed by atoms with Crippen molar-refractivity contribution in [3.05, 3.63) is 59.5 Å².